The number of rotatable bonds is 2. The van der Waals surface area contributed by atoms with Crippen molar-refractivity contribution < 1.29 is 4.42 Å². The molecular weight excluding hydrogens is 615 g/mol. The molecule has 0 unspecified atom stereocenters. The van der Waals surface area contributed by atoms with Crippen molar-refractivity contribution in [2.24, 2.45) is 0 Å². The molecule has 8 aromatic carbocycles. The predicted octanol–water partition coefficient (Wildman–Crippen LogP) is 13.5. The van der Waals surface area contributed by atoms with Crippen LogP contribution >= 0.6 is 11.3 Å². The first-order valence-electron chi connectivity index (χ1n) is 16.8. The van der Waals surface area contributed by atoms with Crippen molar-refractivity contribution in [3.8, 4) is 39.3 Å². The Balaban J connectivity index is 1.09. The molecule has 0 radical (unpaired) electrons. The highest BCUT2D eigenvalue weighted by atomic mass is 32.1. The molecule has 0 fully saturated rings. The van der Waals surface area contributed by atoms with Crippen molar-refractivity contribution in [2.45, 2.75) is 0 Å². The van der Waals surface area contributed by atoms with Crippen LogP contribution in [0.3, 0.4) is 0 Å². The molecule has 0 saturated heterocycles. The van der Waals surface area contributed by atoms with Crippen LogP contribution in [0, 0.1) is 0 Å². The minimum Gasteiger partial charge on any atom is -0.455 e. The molecule has 226 valence electrons. The highest BCUT2D eigenvalue weighted by Crippen LogP contribution is 2.52. The first-order valence-corrected chi connectivity index (χ1v) is 17.6. The summed E-state index contributed by atoms with van der Waals surface area (Å²) < 4.78 is 11.8. The van der Waals surface area contributed by atoms with Gasteiger partial charge in [-0.3, -0.25) is 0 Å². The second-order valence-electron chi connectivity index (χ2n) is 13.3. The Morgan fingerprint density at radius 3 is 2.14 bits per heavy atom. The van der Waals surface area contributed by atoms with E-state index in [2.05, 4.69) is 156 Å². The standard InChI is InChI=1S/C46H25NOS/c1-2-10-31-26(7-1)16-21-39-44(31)37-23-28(17-20-38(37)47(39)30-18-22-42-36(25-30)32-11-3-4-14-41(32)49-42)29-15-19-33-40(24-29)48-46-35-13-6-9-27-8-5-12-34(43(27)35)45(33)46/h1-25H. The van der Waals surface area contributed by atoms with Gasteiger partial charge in [-0.05, 0) is 87.4 Å². The molecule has 0 spiro atoms. The molecule has 3 heterocycles. The maximum atomic E-state index is 6.68. The summed E-state index contributed by atoms with van der Waals surface area (Å²) >= 11 is 1.86. The lowest BCUT2D eigenvalue weighted by atomic mass is 9.98. The van der Waals surface area contributed by atoms with E-state index in [1.165, 1.54) is 96.9 Å². The normalized spacial score (nSPS) is 12.5. The summed E-state index contributed by atoms with van der Waals surface area (Å²) in [6.45, 7) is 0. The first-order chi connectivity index (χ1) is 24.3. The van der Waals surface area contributed by atoms with Crippen LogP contribution in [0.5, 0.6) is 0 Å². The minimum absolute atomic E-state index is 0.929. The molecule has 1 aliphatic rings. The first kappa shape index (κ1) is 25.9. The average molecular weight is 640 g/mol. The second kappa shape index (κ2) is 9.25. The van der Waals surface area contributed by atoms with Crippen LogP contribution in [-0.2, 0) is 0 Å². The number of aromatic nitrogens is 1. The summed E-state index contributed by atoms with van der Waals surface area (Å²) in [5, 5.41) is 11.4. The average Bonchev–Trinajstić information content (AvgIpc) is 3.89. The Morgan fingerprint density at radius 2 is 1.20 bits per heavy atom. The molecule has 0 amide bonds. The van der Waals surface area contributed by atoms with Gasteiger partial charge < -0.3 is 8.98 Å². The third-order valence-electron chi connectivity index (χ3n) is 10.7. The summed E-state index contributed by atoms with van der Waals surface area (Å²) in [6, 6.07) is 55.8. The van der Waals surface area contributed by atoms with Crippen LogP contribution in [0.25, 0.3) is 114 Å². The Morgan fingerprint density at radius 1 is 0.449 bits per heavy atom. The van der Waals surface area contributed by atoms with Crippen molar-refractivity contribution in [3.63, 3.8) is 0 Å². The summed E-state index contributed by atoms with van der Waals surface area (Å²) in [6.07, 6.45) is 0. The van der Waals surface area contributed by atoms with E-state index >= 15 is 0 Å². The van der Waals surface area contributed by atoms with Crippen molar-refractivity contribution in [3.05, 3.63) is 152 Å². The van der Waals surface area contributed by atoms with Gasteiger partial charge in [-0.1, -0.05) is 97.1 Å². The zero-order chi connectivity index (χ0) is 31.8. The SMILES string of the molecule is c1cc2c3c(cccc3c1)-c1c-2oc2cc(-c3ccc4c(c3)c3c5ccccc5ccc3n4-c3ccc4sc5ccccc5c4c3)ccc12. The largest absolute Gasteiger partial charge is 0.455 e. The molecule has 0 bridgehead atoms. The maximum absolute atomic E-state index is 6.68. The number of fused-ring (bicyclic) bond motifs is 13. The van der Waals surface area contributed by atoms with Gasteiger partial charge in [-0.15, -0.1) is 11.3 Å². The zero-order valence-corrected chi connectivity index (χ0v) is 27.0. The van der Waals surface area contributed by atoms with Gasteiger partial charge in [-0.25, -0.2) is 0 Å². The summed E-state index contributed by atoms with van der Waals surface area (Å²) in [5.41, 5.74) is 10.5. The lowest BCUT2D eigenvalue weighted by molar-refractivity contribution is 0.634. The van der Waals surface area contributed by atoms with Crippen LogP contribution in [0.15, 0.2) is 156 Å². The number of furan rings is 1. The smallest absolute Gasteiger partial charge is 0.143 e. The molecule has 1 aliphatic carbocycles. The second-order valence-corrected chi connectivity index (χ2v) is 14.3. The van der Waals surface area contributed by atoms with Crippen LogP contribution in [0.1, 0.15) is 0 Å². The van der Waals surface area contributed by atoms with E-state index in [1.807, 2.05) is 11.3 Å². The topological polar surface area (TPSA) is 18.1 Å². The highest BCUT2D eigenvalue weighted by molar-refractivity contribution is 7.25. The van der Waals surface area contributed by atoms with Gasteiger partial charge in [0.25, 0.3) is 0 Å². The molecule has 11 aromatic rings. The summed E-state index contributed by atoms with van der Waals surface area (Å²) in [4.78, 5) is 0. The third-order valence-corrected chi connectivity index (χ3v) is 11.9. The van der Waals surface area contributed by atoms with E-state index in [0.29, 0.717) is 0 Å². The number of hydrogen-bond donors (Lipinski definition) is 0. The lowest BCUT2D eigenvalue weighted by Crippen LogP contribution is -1.93. The van der Waals surface area contributed by atoms with Crippen molar-refractivity contribution in [2.75, 3.05) is 0 Å². The molecular formula is C46H25NOS. The van der Waals surface area contributed by atoms with E-state index in [-0.39, 0.29) is 0 Å². The fourth-order valence-electron chi connectivity index (χ4n) is 8.57. The van der Waals surface area contributed by atoms with Crippen molar-refractivity contribution in [1.82, 2.24) is 4.57 Å². The molecule has 49 heavy (non-hydrogen) atoms. The molecule has 3 heteroatoms. The van der Waals surface area contributed by atoms with E-state index in [0.717, 1.165) is 16.9 Å². The Labute approximate surface area is 284 Å². The van der Waals surface area contributed by atoms with Crippen LogP contribution in [0.4, 0.5) is 0 Å². The van der Waals surface area contributed by atoms with E-state index in [9.17, 15) is 0 Å². The van der Waals surface area contributed by atoms with Crippen LogP contribution in [0.2, 0.25) is 0 Å². The predicted molar refractivity (Wildman–Crippen MR) is 208 cm³/mol. The maximum Gasteiger partial charge on any atom is 0.143 e. The molecule has 12 rings (SSSR count). The lowest BCUT2D eigenvalue weighted by Gasteiger charge is -2.09. The molecule has 2 nitrogen and oxygen atoms in total. The van der Waals surface area contributed by atoms with Crippen molar-refractivity contribution >= 4 is 85.8 Å². The zero-order valence-electron chi connectivity index (χ0n) is 26.2. The van der Waals surface area contributed by atoms with E-state index in [1.54, 1.807) is 0 Å². The summed E-state index contributed by atoms with van der Waals surface area (Å²) in [7, 11) is 0. The van der Waals surface area contributed by atoms with Gasteiger partial charge in [-0.2, -0.15) is 0 Å². The number of benzene rings is 8. The number of thiophene rings is 1. The monoisotopic (exact) mass is 639 g/mol. The van der Waals surface area contributed by atoms with Crippen molar-refractivity contribution in [1.29, 1.82) is 0 Å². The molecule has 0 atom stereocenters. The molecule has 0 aliphatic heterocycles. The Hall–Kier alpha value is -6.16. The quantitative estimate of drug-likeness (QED) is 0.184. The molecule has 3 aromatic heterocycles. The van der Waals surface area contributed by atoms with Gasteiger partial charge in [0, 0.05) is 58.5 Å². The van der Waals surface area contributed by atoms with Gasteiger partial charge >= 0.3 is 0 Å². The Bertz CT molecular complexity index is 3220. The number of nitrogens with zero attached hydrogens (tertiary/aromatic N) is 1. The third kappa shape index (κ3) is 3.40. The van der Waals surface area contributed by atoms with Gasteiger partial charge in [0.1, 0.15) is 11.3 Å². The van der Waals surface area contributed by atoms with E-state index < -0.39 is 0 Å². The van der Waals surface area contributed by atoms with E-state index in [4.69, 9.17) is 4.42 Å². The van der Waals surface area contributed by atoms with Crippen LogP contribution < -0.4 is 0 Å². The summed E-state index contributed by atoms with van der Waals surface area (Å²) in [5.74, 6) is 0.985. The Kier molecular flexibility index (Phi) is 4.89. The molecule has 0 saturated carbocycles. The van der Waals surface area contributed by atoms with Crippen LogP contribution in [-0.4, -0.2) is 4.57 Å². The number of hydrogen-bond acceptors (Lipinski definition) is 2. The van der Waals surface area contributed by atoms with Gasteiger partial charge in [0.2, 0.25) is 0 Å². The highest BCUT2D eigenvalue weighted by Gasteiger charge is 2.27. The fourth-order valence-corrected chi connectivity index (χ4v) is 9.66. The van der Waals surface area contributed by atoms with Gasteiger partial charge in [0.05, 0.1) is 11.0 Å². The fraction of sp³-hybridized carbons (Fsp3) is 0. The van der Waals surface area contributed by atoms with Gasteiger partial charge in [0.15, 0.2) is 0 Å². The minimum atomic E-state index is 0.929. The molecule has 0 N–H and O–H groups in total.